The first-order chi connectivity index (χ1) is 28.2. The Morgan fingerprint density at radius 1 is 0.386 bits per heavy atom. The summed E-state index contributed by atoms with van der Waals surface area (Å²) in [6.45, 7) is 0. The van der Waals surface area contributed by atoms with Gasteiger partial charge >= 0.3 is 0 Å². The van der Waals surface area contributed by atoms with Crippen molar-refractivity contribution >= 4 is 27.1 Å². The molecule has 1 heterocycles. The molecule has 0 bridgehead atoms. The van der Waals surface area contributed by atoms with Gasteiger partial charge in [-0.3, -0.25) is 0 Å². The summed E-state index contributed by atoms with van der Waals surface area (Å²) in [5.74, 6) is 2.11. The Labute approximate surface area is 331 Å². The van der Waals surface area contributed by atoms with E-state index in [0.29, 0.717) is 11.6 Å². The smallest absolute Gasteiger partial charge is 0.164 e. The second kappa shape index (κ2) is 12.4. The predicted molar refractivity (Wildman–Crippen MR) is 234 cm³/mol. The molecule has 8 aromatic carbocycles. The first-order valence-electron chi connectivity index (χ1n) is 19.8. The molecule has 3 aliphatic carbocycles. The van der Waals surface area contributed by atoms with Gasteiger partial charge in [0, 0.05) is 11.1 Å². The van der Waals surface area contributed by atoms with Gasteiger partial charge in [-0.2, -0.15) is 0 Å². The van der Waals surface area contributed by atoms with Gasteiger partial charge in [-0.15, -0.1) is 0 Å². The van der Waals surface area contributed by atoms with Gasteiger partial charge in [0.1, 0.15) is 0 Å². The molecule has 266 valence electrons. The molecule has 12 rings (SSSR count). The van der Waals surface area contributed by atoms with E-state index in [0.717, 1.165) is 46.5 Å². The summed E-state index contributed by atoms with van der Waals surface area (Å²) in [5.41, 5.74) is 15.5. The average Bonchev–Trinajstić information content (AvgIpc) is 3.77. The van der Waals surface area contributed by atoms with Crippen LogP contribution in [0.1, 0.15) is 40.9 Å². The number of nitrogens with zero attached hydrogens (tertiary/aromatic N) is 3. The van der Waals surface area contributed by atoms with E-state index >= 15 is 0 Å². The van der Waals surface area contributed by atoms with Crippen LogP contribution >= 0.6 is 0 Å². The van der Waals surface area contributed by atoms with E-state index in [1.165, 1.54) is 66.1 Å². The zero-order chi connectivity index (χ0) is 37.5. The van der Waals surface area contributed by atoms with Crippen molar-refractivity contribution in [1.82, 2.24) is 15.0 Å². The lowest BCUT2D eigenvalue weighted by atomic mass is 9.70. The standard InChI is InChI=1S/C54H35N3/c1-3-13-36(14-4-1)51-55-52(37-15-5-2-6-16-37)57-53(56-51)42-22-10-21-40(32-42)38-19-9-20-39(31-38)41-29-30-46-44(33-41)43-23-7-8-24-45(43)54(46)47-25-11-17-34-27-28-35-18-12-26-48(54)50(35)49(34)47/h1-5,7-15,17-33H,6,16H2. The van der Waals surface area contributed by atoms with E-state index in [1.54, 1.807) is 0 Å². The van der Waals surface area contributed by atoms with Crippen LogP contribution in [0.4, 0.5) is 0 Å². The summed E-state index contributed by atoms with van der Waals surface area (Å²) in [5, 5.41) is 5.39. The van der Waals surface area contributed by atoms with Crippen LogP contribution in [0.15, 0.2) is 188 Å². The number of aromatic nitrogens is 3. The summed E-state index contributed by atoms with van der Waals surface area (Å²) in [7, 11) is 0. The van der Waals surface area contributed by atoms with Gasteiger partial charge in [0.05, 0.1) is 5.41 Å². The van der Waals surface area contributed by atoms with E-state index in [-0.39, 0.29) is 5.41 Å². The Morgan fingerprint density at radius 2 is 0.930 bits per heavy atom. The highest BCUT2D eigenvalue weighted by Crippen LogP contribution is 2.62. The van der Waals surface area contributed by atoms with E-state index in [4.69, 9.17) is 15.0 Å². The molecule has 0 aliphatic heterocycles. The summed E-state index contributed by atoms with van der Waals surface area (Å²) in [4.78, 5) is 15.0. The van der Waals surface area contributed by atoms with Crippen molar-refractivity contribution in [1.29, 1.82) is 0 Å². The Morgan fingerprint density at radius 3 is 1.63 bits per heavy atom. The van der Waals surface area contributed by atoms with Crippen molar-refractivity contribution in [3.63, 3.8) is 0 Å². The summed E-state index contributed by atoms with van der Waals surface area (Å²) in [6, 6.07) is 62.2. The van der Waals surface area contributed by atoms with Crippen molar-refractivity contribution in [2.45, 2.75) is 18.3 Å². The highest BCUT2D eigenvalue weighted by molar-refractivity contribution is 6.17. The maximum Gasteiger partial charge on any atom is 0.164 e. The van der Waals surface area contributed by atoms with Gasteiger partial charge in [0.25, 0.3) is 0 Å². The van der Waals surface area contributed by atoms with Crippen molar-refractivity contribution in [2.24, 2.45) is 0 Å². The molecule has 0 saturated carbocycles. The highest BCUT2D eigenvalue weighted by atomic mass is 15.0. The molecule has 0 amide bonds. The van der Waals surface area contributed by atoms with Crippen LogP contribution in [0, 0.1) is 0 Å². The van der Waals surface area contributed by atoms with Gasteiger partial charge < -0.3 is 0 Å². The lowest BCUT2D eigenvalue weighted by Crippen LogP contribution is -2.26. The van der Waals surface area contributed by atoms with Crippen LogP contribution in [-0.4, -0.2) is 15.0 Å². The maximum atomic E-state index is 5.05. The van der Waals surface area contributed by atoms with E-state index in [9.17, 15) is 0 Å². The molecule has 0 radical (unpaired) electrons. The molecule has 57 heavy (non-hydrogen) atoms. The second-order valence-electron chi connectivity index (χ2n) is 15.4. The van der Waals surface area contributed by atoms with Crippen LogP contribution in [0.25, 0.3) is 83.3 Å². The average molecular weight is 726 g/mol. The fourth-order valence-corrected chi connectivity index (χ4v) is 9.84. The van der Waals surface area contributed by atoms with Crippen LogP contribution in [0.2, 0.25) is 0 Å². The third-order valence-corrected chi connectivity index (χ3v) is 12.4. The van der Waals surface area contributed by atoms with Gasteiger partial charge in [0.15, 0.2) is 17.5 Å². The molecule has 0 N–H and O–H groups in total. The minimum atomic E-state index is -0.352. The number of hydrogen-bond donors (Lipinski definition) is 0. The molecular formula is C54H35N3. The van der Waals surface area contributed by atoms with Crippen LogP contribution in [-0.2, 0) is 5.41 Å². The molecule has 3 aliphatic rings. The SMILES string of the molecule is C1=CCCC(c2nc(-c3ccccc3)nc(-c3cccc(-c4cccc(-c5ccc6c(c5)-c5ccccc5C65c6cccc7ccc8cccc5c8c67)c4)c3)n2)=C1. The summed E-state index contributed by atoms with van der Waals surface area (Å²) >= 11 is 0. The topological polar surface area (TPSA) is 38.7 Å². The number of allylic oxidation sites excluding steroid dienone is 4. The van der Waals surface area contributed by atoms with Crippen molar-refractivity contribution in [3.05, 3.63) is 216 Å². The lowest BCUT2D eigenvalue weighted by molar-refractivity contribution is 0.797. The number of hydrogen-bond acceptors (Lipinski definition) is 3. The van der Waals surface area contributed by atoms with Gasteiger partial charge in [0.2, 0.25) is 0 Å². The first-order valence-corrected chi connectivity index (χ1v) is 19.8. The molecule has 0 fully saturated rings. The van der Waals surface area contributed by atoms with Crippen molar-refractivity contribution in [2.75, 3.05) is 0 Å². The van der Waals surface area contributed by atoms with Crippen molar-refractivity contribution in [3.8, 4) is 56.2 Å². The summed E-state index contributed by atoms with van der Waals surface area (Å²) < 4.78 is 0. The number of benzene rings is 8. The van der Waals surface area contributed by atoms with Gasteiger partial charge in [-0.25, -0.2) is 15.0 Å². The Kier molecular flexibility index (Phi) is 6.97. The first kappa shape index (κ1) is 32.1. The lowest BCUT2D eigenvalue weighted by Gasteiger charge is -2.30. The van der Waals surface area contributed by atoms with Crippen LogP contribution in [0.3, 0.4) is 0 Å². The Bertz CT molecular complexity index is 3130. The molecule has 0 saturated heterocycles. The maximum absolute atomic E-state index is 5.05. The number of fused-ring (bicyclic) bond motifs is 7. The normalized spacial score (nSPS) is 14.4. The highest BCUT2D eigenvalue weighted by Gasteiger charge is 2.50. The van der Waals surface area contributed by atoms with Gasteiger partial charge in [-0.1, -0.05) is 170 Å². The molecule has 3 heteroatoms. The second-order valence-corrected chi connectivity index (χ2v) is 15.4. The van der Waals surface area contributed by atoms with E-state index < -0.39 is 0 Å². The largest absolute Gasteiger partial charge is 0.209 e. The quantitative estimate of drug-likeness (QED) is 0.166. The third kappa shape index (κ3) is 4.76. The fourth-order valence-electron chi connectivity index (χ4n) is 9.84. The Hall–Kier alpha value is -7.23. The van der Waals surface area contributed by atoms with Crippen molar-refractivity contribution < 1.29 is 0 Å². The molecule has 1 spiro atoms. The minimum absolute atomic E-state index is 0.352. The zero-order valence-electron chi connectivity index (χ0n) is 31.2. The third-order valence-electron chi connectivity index (χ3n) is 12.4. The monoisotopic (exact) mass is 725 g/mol. The molecule has 0 unspecified atom stereocenters. The van der Waals surface area contributed by atoms with E-state index in [1.807, 2.05) is 18.2 Å². The molecule has 3 nitrogen and oxygen atoms in total. The zero-order valence-corrected chi connectivity index (χ0v) is 31.2. The molecule has 9 aromatic rings. The molecular weight excluding hydrogens is 691 g/mol. The fraction of sp³-hybridized carbons (Fsp3) is 0.0556. The van der Waals surface area contributed by atoms with Crippen LogP contribution < -0.4 is 0 Å². The van der Waals surface area contributed by atoms with E-state index in [2.05, 4.69) is 170 Å². The molecule has 0 atom stereocenters. The Balaban J connectivity index is 0.962. The van der Waals surface area contributed by atoms with Gasteiger partial charge in [-0.05, 0) is 114 Å². The minimum Gasteiger partial charge on any atom is -0.209 e. The summed E-state index contributed by atoms with van der Waals surface area (Å²) in [6.07, 6.45) is 8.32. The number of rotatable bonds is 5. The van der Waals surface area contributed by atoms with Crippen LogP contribution in [0.5, 0.6) is 0 Å². The predicted octanol–water partition coefficient (Wildman–Crippen LogP) is 13.3. The molecule has 1 aromatic heterocycles.